The van der Waals surface area contributed by atoms with Gasteiger partial charge in [-0.15, -0.1) is 11.3 Å². The molecule has 2 aromatic heterocycles. The number of fused-ring (bicyclic) bond motifs is 1. The van der Waals surface area contributed by atoms with Crippen molar-refractivity contribution in [3.05, 3.63) is 45.0 Å². The van der Waals surface area contributed by atoms with E-state index in [9.17, 15) is 14.9 Å². The molecule has 4 N–H and O–H groups in total. The molecule has 0 aliphatic carbocycles. The Hall–Kier alpha value is -3.07. The molecule has 0 spiro atoms. The number of primary amides is 1. The fourth-order valence-corrected chi connectivity index (χ4v) is 3.24. The van der Waals surface area contributed by atoms with Crippen LogP contribution in [0.5, 0.6) is 0 Å². The number of benzene rings is 1. The van der Waals surface area contributed by atoms with E-state index < -0.39 is 10.8 Å². The molecule has 1 aromatic carbocycles. The summed E-state index contributed by atoms with van der Waals surface area (Å²) in [5.74, 6) is -0.205. The number of non-ortho nitro benzene ring substituents is 1. The summed E-state index contributed by atoms with van der Waals surface area (Å²) < 4.78 is 0. The fourth-order valence-electron chi connectivity index (χ4n) is 2.24. The molecule has 23 heavy (non-hydrogen) atoms. The molecule has 0 fully saturated rings. The number of aryl methyl sites for hydroxylation is 1. The summed E-state index contributed by atoms with van der Waals surface area (Å²) in [7, 11) is 0. The Morgan fingerprint density at radius 3 is 2.48 bits per heavy atom. The van der Waals surface area contributed by atoms with Crippen molar-refractivity contribution in [3.63, 3.8) is 0 Å². The number of carbonyl (C=O) groups excluding carboxylic acids is 1. The van der Waals surface area contributed by atoms with E-state index in [1.807, 2.05) is 0 Å². The number of anilines is 1. The van der Waals surface area contributed by atoms with Crippen molar-refractivity contribution in [3.8, 4) is 11.4 Å². The van der Waals surface area contributed by atoms with Crippen LogP contribution in [0.15, 0.2) is 24.3 Å². The molecule has 116 valence electrons. The summed E-state index contributed by atoms with van der Waals surface area (Å²) in [6.45, 7) is 1.76. The zero-order chi connectivity index (χ0) is 16.7. The highest BCUT2D eigenvalue weighted by Gasteiger charge is 2.18. The second kappa shape index (κ2) is 5.29. The van der Waals surface area contributed by atoms with Crippen LogP contribution in [0.4, 0.5) is 11.4 Å². The minimum absolute atomic E-state index is 0.0112. The molecule has 0 saturated carbocycles. The summed E-state index contributed by atoms with van der Waals surface area (Å²) in [6.07, 6.45) is 0. The number of amides is 1. The highest BCUT2D eigenvalue weighted by atomic mass is 32.1. The molecular weight excluding hydrogens is 318 g/mol. The predicted octanol–water partition coefficient (Wildman–Crippen LogP) is 2.26. The lowest BCUT2D eigenvalue weighted by Gasteiger charge is -2.03. The summed E-state index contributed by atoms with van der Waals surface area (Å²) in [5, 5.41) is 11.3. The minimum atomic E-state index is -0.609. The standard InChI is InChI=1S/C14H11N5O3S/c1-6-9-10(15)11(12(16)20)23-14(9)18-13(17-6)7-2-4-8(5-3-7)19(21)22/h2-5H,15H2,1H3,(H2,16,20). The quantitative estimate of drug-likeness (QED) is 0.558. The molecule has 0 bridgehead atoms. The molecule has 0 aliphatic heterocycles. The van der Waals surface area contributed by atoms with Gasteiger partial charge in [0.15, 0.2) is 5.82 Å². The van der Waals surface area contributed by atoms with E-state index in [1.54, 1.807) is 19.1 Å². The molecule has 3 rings (SSSR count). The third-order valence-corrected chi connectivity index (χ3v) is 4.44. The van der Waals surface area contributed by atoms with Gasteiger partial charge >= 0.3 is 0 Å². The Labute approximate surface area is 133 Å². The van der Waals surface area contributed by atoms with Crippen LogP contribution in [0.2, 0.25) is 0 Å². The van der Waals surface area contributed by atoms with Crippen LogP contribution in [-0.4, -0.2) is 20.8 Å². The zero-order valence-electron chi connectivity index (χ0n) is 11.9. The Morgan fingerprint density at radius 2 is 1.91 bits per heavy atom. The van der Waals surface area contributed by atoms with Crippen LogP contribution in [0, 0.1) is 17.0 Å². The maximum Gasteiger partial charge on any atom is 0.269 e. The van der Waals surface area contributed by atoms with E-state index in [1.165, 1.54) is 12.1 Å². The lowest BCUT2D eigenvalue weighted by atomic mass is 10.1. The average molecular weight is 329 g/mol. The van der Waals surface area contributed by atoms with Crippen molar-refractivity contribution in [2.24, 2.45) is 5.73 Å². The number of aromatic nitrogens is 2. The molecule has 0 saturated heterocycles. The molecule has 3 aromatic rings. The van der Waals surface area contributed by atoms with Crippen LogP contribution in [0.1, 0.15) is 15.4 Å². The van der Waals surface area contributed by atoms with Crippen LogP contribution in [0.25, 0.3) is 21.6 Å². The van der Waals surface area contributed by atoms with Crippen molar-refractivity contribution in [2.45, 2.75) is 6.92 Å². The lowest BCUT2D eigenvalue weighted by molar-refractivity contribution is -0.384. The summed E-state index contributed by atoms with van der Waals surface area (Å²) >= 11 is 1.10. The number of nitrogen functional groups attached to an aromatic ring is 1. The molecule has 8 nitrogen and oxygen atoms in total. The van der Waals surface area contributed by atoms with E-state index in [2.05, 4.69) is 9.97 Å². The number of hydrogen-bond donors (Lipinski definition) is 2. The third-order valence-electron chi connectivity index (χ3n) is 3.33. The molecular formula is C14H11N5O3S. The number of nitro benzene ring substituents is 1. The van der Waals surface area contributed by atoms with Gasteiger partial charge in [0.25, 0.3) is 11.6 Å². The summed E-state index contributed by atoms with van der Waals surface area (Å²) in [5.41, 5.74) is 12.8. The second-order valence-electron chi connectivity index (χ2n) is 4.83. The Balaban J connectivity index is 2.16. The van der Waals surface area contributed by atoms with Crippen molar-refractivity contribution >= 4 is 38.8 Å². The van der Waals surface area contributed by atoms with E-state index in [0.717, 1.165) is 11.3 Å². The van der Waals surface area contributed by atoms with Crippen LogP contribution in [-0.2, 0) is 0 Å². The predicted molar refractivity (Wildman–Crippen MR) is 87.2 cm³/mol. The van der Waals surface area contributed by atoms with E-state index in [4.69, 9.17) is 11.5 Å². The van der Waals surface area contributed by atoms with Gasteiger partial charge in [0, 0.05) is 17.7 Å². The Kier molecular flexibility index (Phi) is 3.41. The van der Waals surface area contributed by atoms with Gasteiger partial charge in [-0.25, -0.2) is 9.97 Å². The van der Waals surface area contributed by atoms with Gasteiger partial charge in [0.1, 0.15) is 9.71 Å². The molecule has 0 atom stereocenters. The Morgan fingerprint density at radius 1 is 1.26 bits per heavy atom. The number of nitrogens with zero attached hydrogens (tertiary/aromatic N) is 3. The zero-order valence-corrected chi connectivity index (χ0v) is 12.8. The fraction of sp³-hybridized carbons (Fsp3) is 0.0714. The first-order chi connectivity index (χ1) is 10.9. The molecule has 0 aliphatic rings. The van der Waals surface area contributed by atoms with Gasteiger partial charge in [-0.05, 0) is 19.1 Å². The van der Waals surface area contributed by atoms with Gasteiger partial charge < -0.3 is 11.5 Å². The first-order valence-corrected chi connectivity index (χ1v) is 7.31. The van der Waals surface area contributed by atoms with Crippen molar-refractivity contribution in [2.75, 3.05) is 5.73 Å². The third kappa shape index (κ3) is 2.46. The number of thiophene rings is 1. The van der Waals surface area contributed by atoms with Crippen LogP contribution >= 0.6 is 11.3 Å². The number of hydrogen-bond acceptors (Lipinski definition) is 7. The summed E-state index contributed by atoms with van der Waals surface area (Å²) in [6, 6.07) is 5.92. The lowest BCUT2D eigenvalue weighted by Crippen LogP contribution is -2.10. The van der Waals surface area contributed by atoms with Gasteiger partial charge in [0.05, 0.1) is 21.7 Å². The molecule has 1 amide bonds. The first-order valence-electron chi connectivity index (χ1n) is 6.49. The SMILES string of the molecule is Cc1nc(-c2ccc([N+](=O)[O-])cc2)nc2sc(C(N)=O)c(N)c12. The highest BCUT2D eigenvalue weighted by Crippen LogP contribution is 2.35. The molecule has 9 heteroatoms. The monoisotopic (exact) mass is 329 g/mol. The molecule has 0 unspecified atom stereocenters. The number of rotatable bonds is 3. The maximum atomic E-state index is 11.4. The van der Waals surface area contributed by atoms with Gasteiger partial charge in [-0.1, -0.05) is 0 Å². The van der Waals surface area contributed by atoms with E-state index in [0.29, 0.717) is 27.3 Å². The van der Waals surface area contributed by atoms with Crippen molar-refractivity contribution < 1.29 is 9.72 Å². The normalized spacial score (nSPS) is 10.8. The first kappa shape index (κ1) is 14.9. The minimum Gasteiger partial charge on any atom is -0.397 e. The smallest absolute Gasteiger partial charge is 0.269 e. The highest BCUT2D eigenvalue weighted by molar-refractivity contribution is 7.21. The van der Waals surface area contributed by atoms with E-state index >= 15 is 0 Å². The van der Waals surface area contributed by atoms with Crippen LogP contribution in [0.3, 0.4) is 0 Å². The van der Waals surface area contributed by atoms with Crippen molar-refractivity contribution in [1.82, 2.24) is 9.97 Å². The topological polar surface area (TPSA) is 138 Å². The van der Waals surface area contributed by atoms with Crippen molar-refractivity contribution in [1.29, 1.82) is 0 Å². The maximum absolute atomic E-state index is 11.4. The molecule has 2 heterocycles. The number of nitro groups is 1. The largest absolute Gasteiger partial charge is 0.397 e. The van der Waals surface area contributed by atoms with Gasteiger partial charge in [-0.2, -0.15) is 0 Å². The summed E-state index contributed by atoms with van der Waals surface area (Å²) in [4.78, 5) is 31.2. The van der Waals surface area contributed by atoms with Crippen LogP contribution < -0.4 is 11.5 Å². The van der Waals surface area contributed by atoms with Gasteiger partial charge in [0.2, 0.25) is 0 Å². The van der Waals surface area contributed by atoms with E-state index in [-0.39, 0.29) is 16.3 Å². The number of carbonyl (C=O) groups is 1. The van der Waals surface area contributed by atoms with Gasteiger partial charge in [-0.3, -0.25) is 14.9 Å². The molecule has 0 radical (unpaired) electrons. The number of nitrogens with two attached hydrogens (primary N) is 2. The second-order valence-corrected chi connectivity index (χ2v) is 5.82. The average Bonchev–Trinajstić information content (AvgIpc) is 2.85. The Bertz CT molecular complexity index is 949.